The van der Waals surface area contributed by atoms with Crippen molar-refractivity contribution >= 4 is 17.4 Å². The minimum Gasteiger partial charge on any atom is -0.355 e. The van der Waals surface area contributed by atoms with Crippen molar-refractivity contribution < 1.29 is 4.79 Å². The molecule has 0 radical (unpaired) electrons. The Bertz CT molecular complexity index is 1000. The van der Waals surface area contributed by atoms with E-state index in [9.17, 15) is 4.79 Å². The Morgan fingerprint density at radius 3 is 2.27 bits per heavy atom. The zero-order valence-electron chi connectivity index (χ0n) is 17.8. The van der Waals surface area contributed by atoms with Gasteiger partial charge in [0.1, 0.15) is 0 Å². The summed E-state index contributed by atoms with van der Waals surface area (Å²) >= 11 is 0. The van der Waals surface area contributed by atoms with Gasteiger partial charge in [-0.05, 0) is 69.0 Å². The maximum absolute atomic E-state index is 12.6. The first-order chi connectivity index (χ1) is 14.5. The van der Waals surface area contributed by atoms with Gasteiger partial charge in [0.25, 0.3) is 0 Å². The normalized spacial score (nSPS) is 14.7. The number of hydrogen-bond donors (Lipinski definition) is 1. The highest BCUT2D eigenvalue weighted by Gasteiger charge is 2.26. The molecule has 0 bridgehead atoms. The smallest absolute Gasteiger partial charge is 0.227 e. The van der Waals surface area contributed by atoms with Crippen molar-refractivity contribution in [3.63, 3.8) is 0 Å². The molecule has 1 fully saturated rings. The van der Waals surface area contributed by atoms with Gasteiger partial charge in [-0.25, -0.2) is 4.68 Å². The van der Waals surface area contributed by atoms with Gasteiger partial charge in [-0.1, -0.05) is 19.1 Å². The second kappa shape index (κ2) is 8.65. The van der Waals surface area contributed by atoms with Gasteiger partial charge in [-0.2, -0.15) is 5.10 Å². The van der Waals surface area contributed by atoms with Crippen LogP contribution >= 0.6 is 0 Å². The van der Waals surface area contributed by atoms with Crippen LogP contribution in [0.4, 0.5) is 11.5 Å². The molecule has 4 rings (SSSR count). The molecule has 0 saturated carbocycles. The lowest BCUT2D eigenvalue weighted by atomic mass is 9.95. The lowest BCUT2D eigenvalue weighted by molar-refractivity contribution is -0.120. The van der Waals surface area contributed by atoms with Crippen LogP contribution in [0.2, 0.25) is 0 Å². The van der Waals surface area contributed by atoms with E-state index in [1.807, 2.05) is 44.2 Å². The number of rotatable bonds is 5. The molecule has 2 aromatic heterocycles. The van der Waals surface area contributed by atoms with Crippen molar-refractivity contribution in [3.05, 3.63) is 59.4 Å². The number of nitrogens with zero attached hydrogens (tertiary/aromatic N) is 5. The van der Waals surface area contributed by atoms with Gasteiger partial charge in [0, 0.05) is 30.4 Å². The van der Waals surface area contributed by atoms with Crippen LogP contribution in [0.3, 0.4) is 0 Å². The molecule has 1 aromatic carbocycles. The summed E-state index contributed by atoms with van der Waals surface area (Å²) in [6.45, 7) is 7.68. The molecule has 7 nitrogen and oxygen atoms in total. The number of aryl methyl sites for hydroxylation is 3. The monoisotopic (exact) mass is 404 g/mol. The fourth-order valence-electron chi connectivity index (χ4n) is 3.90. The molecule has 0 spiro atoms. The predicted molar refractivity (Wildman–Crippen MR) is 118 cm³/mol. The van der Waals surface area contributed by atoms with E-state index in [1.54, 1.807) is 4.68 Å². The molecule has 1 N–H and O–H groups in total. The molecule has 1 saturated heterocycles. The van der Waals surface area contributed by atoms with E-state index in [1.165, 1.54) is 5.56 Å². The first-order valence-corrected chi connectivity index (χ1v) is 10.6. The van der Waals surface area contributed by atoms with E-state index in [-0.39, 0.29) is 11.8 Å². The van der Waals surface area contributed by atoms with Crippen LogP contribution in [0.5, 0.6) is 0 Å². The zero-order valence-corrected chi connectivity index (χ0v) is 17.8. The van der Waals surface area contributed by atoms with Gasteiger partial charge in [0.05, 0.1) is 5.69 Å². The summed E-state index contributed by atoms with van der Waals surface area (Å²) in [6, 6.07) is 14.0. The summed E-state index contributed by atoms with van der Waals surface area (Å²) in [5.41, 5.74) is 4.13. The fraction of sp³-hybridized carbons (Fsp3) is 0.391. The van der Waals surface area contributed by atoms with Crippen molar-refractivity contribution in [1.82, 2.24) is 20.0 Å². The minimum atomic E-state index is 0.0223. The van der Waals surface area contributed by atoms with E-state index in [0.717, 1.165) is 55.2 Å². The van der Waals surface area contributed by atoms with E-state index in [4.69, 9.17) is 0 Å². The maximum Gasteiger partial charge on any atom is 0.227 e. The molecular weight excluding hydrogens is 376 g/mol. The molecule has 30 heavy (non-hydrogen) atoms. The Morgan fingerprint density at radius 1 is 1.03 bits per heavy atom. The van der Waals surface area contributed by atoms with Crippen LogP contribution in [0, 0.1) is 19.8 Å². The molecule has 0 unspecified atom stereocenters. The third-order valence-electron chi connectivity index (χ3n) is 5.68. The van der Waals surface area contributed by atoms with Gasteiger partial charge >= 0.3 is 0 Å². The maximum atomic E-state index is 12.6. The van der Waals surface area contributed by atoms with Crippen LogP contribution in [0.1, 0.15) is 36.7 Å². The number of carbonyl (C=O) groups excluding carboxylic acids is 1. The van der Waals surface area contributed by atoms with Crippen molar-refractivity contribution in [1.29, 1.82) is 0 Å². The molecule has 3 heterocycles. The topological polar surface area (TPSA) is 75.9 Å². The summed E-state index contributed by atoms with van der Waals surface area (Å²) in [6.07, 6.45) is 2.61. The average Bonchev–Trinajstić information content (AvgIpc) is 3.12. The van der Waals surface area contributed by atoms with Gasteiger partial charge in [0.2, 0.25) is 5.91 Å². The lowest BCUT2D eigenvalue weighted by Gasteiger charge is -2.31. The van der Waals surface area contributed by atoms with Crippen LogP contribution in [-0.2, 0) is 11.2 Å². The Hall–Kier alpha value is -3.22. The van der Waals surface area contributed by atoms with Crippen molar-refractivity contribution in [2.75, 3.05) is 23.3 Å². The molecule has 1 amide bonds. The Kier molecular flexibility index (Phi) is 5.79. The second-order valence-corrected chi connectivity index (χ2v) is 7.89. The predicted octanol–water partition coefficient (Wildman–Crippen LogP) is 3.70. The van der Waals surface area contributed by atoms with Gasteiger partial charge < -0.3 is 10.2 Å². The molecule has 156 valence electrons. The third-order valence-corrected chi connectivity index (χ3v) is 5.68. The fourth-order valence-corrected chi connectivity index (χ4v) is 3.90. The summed E-state index contributed by atoms with van der Waals surface area (Å²) in [5.74, 6) is 1.68. The number of piperidine rings is 1. The van der Waals surface area contributed by atoms with Gasteiger partial charge in [0.15, 0.2) is 11.6 Å². The summed E-state index contributed by atoms with van der Waals surface area (Å²) < 4.78 is 1.80. The van der Waals surface area contributed by atoms with E-state index < -0.39 is 0 Å². The van der Waals surface area contributed by atoms with E-state index >= 15 is 0 Å². The Labute approximate surface area is 177 Å². The zero-order chi connectivity index (χ0) is 21.1. The lowest BCUT2D eigenvalue weighted by Crippen LogP contribution is -2.38. The molecule has 1 aliphatic heterocycles. The number of aromatic nitrogens is 4. The standard InChI is InChI=1S/C23H28N6O/c1-4-18-5-7-20(8-6-18)24-23(30)19-11-13-28(14-12-19)21-9-10-22(26-25-21)29-17(3)15-16(2)27-29/h5-10,15,19H,4,11-14H2,1-3H3,(H,24,30). The molecule has 1 aliphatic rings. The average molecular weight is 405 g/mol. The van der Waals surface area contributed by atoms with Crippen molar-refractivity contribution in [2.24, 2.45) is 5.92 Å². The summed E-state index contributed by atoms with van der Waals surface area (Å²) in [5, 5.41) is 16.3. The molecule has 0 aliphatic carbocycles. The van der Waals surface area contributed by atoms with Crippen LogP contribution in [0.25, 0.3) is 5.82 Å². The molecule has 3 aromatic rings. The summed E-state index contributed by atoms with van der Waals surface area (Å²) in [4.78, 5) is 14.8. The first kappa shape index (κ1) is 20.1. The van der Waals surface area contributed by atoms with Crippen molar-refractivity contribution in [2.45, 2.75) is 40.0 Å². The number of anilines is 2. The van der Waals surface area contributed by atoms with Gasteiger partial charge in [-0.15, -0.1) is 10.2 Å². The first-order valence-electron chi connectivity index (χ1n) is 10.6. The third kappa shape index (κ3) is 4.35. The van der Waals surface area contributed by atoms with E-state index in [2.05, 4.69) is 44.6 Å². The highest BCUT2D eigenvalue weighted by molar-refractivity contribution is 5.92. The number of hydrogen-bond acceptors (Lipinski definition) is 5. The highest BCUT2D eigenvalue weighted by atomic mass is 16.1. The largest absolute Gasteiger partial charge is 0.355 e. The minimum absolute atomic E-state index is 0.0223. The highest BCUT2D eigenvalue weighted by Crippen LogP contribution is 2.23. The van der Waals surface area contributed by atoms with Gasteiger partial charge in [-0.3, -0.25) is 4.79 Å². The van der Waals surface area contributed by atoms with Crippen LogP contribution in [-0.4, -0.2) is 39.0 Å². The Balaban J connectivity index is 1.33. The number of amides is 1. The van der Waals surface area contributed by atoms with E-state index in [0.29, 0.717) is 5.82 Å². The number of benzene rings is 1. The quantitative estimate of drug-likeness (QED) is 0.702. The van der Waals surface area contributed by atoms with Crippen molar-refractivity contribution in [3.8, 4) is 5.82 Å². The molecular formula is C23H28N6O. The SMILES string of the molecule is CCc1ccc(NC(=O)C2CCN(c3ccc(-n4nc(C)cc4C)nn3)CC2)cc1. The van der Waals surface area contributed by atoms with Crippen LogP contribution in [0.15, 0.2) is 42.5 Å². The Morgan fingerprint density at radius 2 is 1.70 bits per heavy atom. The summed E-state index contributed by atoms with van der Waals surface area (Å²) in [7, 11) is 0. The second-order valence-electron chi connectivity index (χ2n) is 7.89. The van der Waals surface area contributed by atoms with Crippen LogP contribution < -0.4 is 10.2 Å². The molecule has 7 heteroatoms. The molecule has 0 atom stereocenters. The number of nitrogens with one attached hydrogen (secondary N) is 1. The number of carbonyl (C=O) groups is 1.